The van der Waals surface area contributed by atoms with Gasteiger partial charge in [-0.3, -0.25) is 4.79 Å². The number of halogens is 2. The Morgan fingerprint density at radius 2 is 1.97 bits per heavy atom. The first-order valence-electron chi connectivity index (χ1n) is 9.46. The number of amides is 1. The van der Waals surface area contributed by atoms with Gasteiger partial charge < -0.3 is 20.4 Å². The quantitative estimate of drug-likeness (QED) is 0.568. The molecular formula is C21H24F2N4O2. The Morgan fingerprint density at radius 1 is 1.24 bits per heavy atom. The number of imidazole rings is 1. The number of ether oxygens (including phenoxy) is 1. The van der Waals surface area contributed by atoms with Crippen molar-refractivity contribution in [2.75, 3.05) is 13.2 Å². The number of rotatable bonds is 8. The Balaban J connectivity index is 2.03. The Bertz CT molecular complexity index is 1000. The zero-order valence-electron chi connectivity index (χ0n) is 16.4. The Hall–Kier alpha value is -2.84. The van der Waals surface area contributed by atoms with Crippen molar-refractivity contribution in [3.8, 4) is 11.1 Å². The zero-order chi connectivity index (χ0) is 21.0. The lowest BCUT2D eigenvalue weighted by Crippen LogP contribution is -2.38. The van der Waals surface area contributed by atoms with Crippen molar-refractivity contribution in [3.63, 3.8) is 0 Å². The average Bonchev–Trinajstić information content (AvgIpc) is 3.05. The highest BCUT2D eigenvalue weighted by atomic mass is 19.1. The largest absolute Gasteiger partial charge is 0.380 e. The summed E-state index contributed by atoms with van der Waals surface area (Å²) in [6, 6.07) is 8.39. The molecule has 0 bridgehead atoms. The Kier molecular flexibility index (Phi) is 6.56. The topological polar surface area (TPSA) is 82.2 Å². The van der Waals surface area contributed by atoms with E-state index in [1.807, 2.05) is 17.6 Å². The van der Waals surface area contributed by atoms with Crippen LogP contribution in [0.1, 0.15) is 19.7 Å². The van der Waals surface area contributed by atoms with Crippen LogP contribution in [0.3, 0.4) is 0 Å². The number of nitrogens with two attached hydrogens (primary N) is 1. The number of hydrogen-bond acceptors (Lipinski definition) is 4. The van der Waals surface area contributed by atoms with Crippen LogP contribution in [-0.4, -0.2) is 34.7 Å². The second kappa shape index (κ2) is 9.11. The van der Waals surface area contributed by atoms with E-state index in [1.165, 1.54) is 18.2 Å². The molecule has 154 valence electrons. The van der Waals surface area contributed by atoms with Crippen molar-refractivity contribution in [1.82, 2.24) is 14.9 Å². The highest BCUT2D eigenvalue weighted by molar-refractivity contribution is 5.84. The van der Waals surface area contributed by atoms with Gasteiger partial charge in [0.15, 0.2) is 5.82 Å². The highest BCUT2D eigenvalue weighted by Gasteiger charge is 2.17. The van der Waals surface area contributed by atoms with E-state index < -0.39 is 11.9 Å². The molecule has 1 heterocycles. The average molecular weight is 402 g/mol. The van der Waals surface area contributed by atoms with E-state index >= 15 is 0 Å². The summed E-state index contributed by atoms with van der Waals surface area (Å²) in [7, 11) is 0. The van der Waals surface area contributed by atoms with Crippen LogP contribution in [0.5, 0.6) is 0 Å². The minimum absolute atomic E-state index is 0.118. The van der Waals surface area contributed by atoms with Gasteiger partial charge in [-0.1, -0.05) is 12.1 Å². The molecule has 3 rings (SSSR count). The fourth-order valence-corrected chi connectivity index (χ4v) is 3.05. The maximum absolute atomic E-state index is 14.8. The van der Waals surface area contributed by atoms with Crippen molar-refractivity contribution in [3.05, 3.63) is 53.9 Å². The maximum Gasteiger partial charge on any atom is 0.237 e. The maximum atomic E-state index is 14.8. The van der Waals surface area contributed by atoms with Crippen LogP contribution >= 0.6 is 0 Å². The predicted molar refractivity (Wildman–Crippen MR) is 107 cm³/mol. The first-order chi connectivity index (χ1) is 13.9. The lowest BCUT2D eigenvalue weighted by atomic mass is 10.0. The molecule has 29 heavy (non-hydrogen) atoms. The van der Waals surface area contributed by atoms with Crippen molar-refractivity contribution < 1.29 is 18.3 Å². The third-order valence-corrected chi connectivity index (χ3v) is 4.56. The second-order valence-corrected chi connectivity index (χ2v) is 6.72. The molecule has 0 aliphatic heterocycles. The van der Waals surface area contributed by atoms with Crippen LogP contribution in [0.25, 0.3) is 22.2 Å². The molecule has 1 amide bonds. The van der Waals surface area contributed by atoms with Crippen LogP contribution in [0.2, 0.25) is 0 Å². The lowest BCUT2D eigenvalue weighted by molar-refractivity contribution is -0.122. The minimum atomic E-state index is -0.655. The first-order valence-corrected chi connectivity index (χ1v) is 9.46. The summed E-state index contributed by atoms with van der Waals surface area (Å²) in [6.45, 7) is 5.01. The van der Waals surface area contributed by atoms with Gasteiger partial charge in [-0.2, -0.15) is 0 Å². The molecule has 2 aromatic carbocycles. The summed E-state index contributed by atoms with van der Waals surface area (Å²) in [5.74, 6) is -0.661. The summed E-state index contributed by atoms with van der Waals surface area (Å²) in [5.41, 5.74) is 7.67. The molecule has 1 atom stereocenters. The Morgan fingerprint density at radius 3 is 2.62 bits per heavy atom. The van der Waals surface area contributed by atoms with Crippen LogP contribution in [0.15, 0.2) is 36.4 Å². The number of hydrogen-bond donors (Lipinski definition) is 2. The van der Waals surface area contributed by atoms with Gasteiger partial charge >= 0.3 is 0 Å². The standard InChI is InChI=1S/C21H24F2N4O2/c1-3-29-9-8-27-18-11-15(14-4-6-16(22)7-5-14)10-17(23)20(18)26-19(27)12-25-21(28)13(2)24/h4-7,10-11,13H,3,8-9,12,24H2,1-2H3,(H,25,28)/t13-/m0/s1. The molecule has 3 N–H and O–H groups in total. The summed E-state index contributed by atoms with van der Waals surface area (Å²) < 4.78 is 35.3. The van der Waals surface area contributed by atoms with Crippen molar-refractivity contribution in [1.29, 1.82) is 0 Å². The van der Waals surface area contributed by atoms with Gasteiger partial charge in [-0.05, 0) is 49.2 Å². The molecule has 0 unspecified atom stereocenters. The Labute approximate surface area is 167 Å². The van der Waals surface area contributed by atoms with E-state index in [0.717, 1.165) is 0 Å². The number of carbonyl (C=O) groups is 1. The number of nitrogens with zero attached hydrogens (tertiary/aromatic N) is 2. The minimum Gasteiger partial charge on any atom is -0.380 e. The zero-order valence-corrected chi connectivity index (χ0v) is 16.4. The van der Waals surface area contributed by atoms with E-state index in [2.05, 4.69) is 10.3 Å². The molecule has 8 heteroatoms. The van der Waals surface area contributed by atoms with E-state index in [4.69, 9.17) is 10.5 Å². The summed E-state index contributed by atoms with van der Waals surface area (Å²) in [5, 5.41) is 2.71. The fraction of sp³-hybridized carbons (Fsp3) is 0.333. The van der Waals surface area contributed by atoms with Gasteiger partial charge in [-0.15, -0.1) is 0 Å². The van der Waals surface area contributed by atoms with E-state index in [0.29, 0.717) is 42.2 Å². The summed E-state index contributed by atoms with van der Waals surface area (Å²) in [4.78, 5) is 16.2. The second-order valence-electron chi connectivity index (χ2n) is 6.72. The number of benzene rings is 2. The van der Waals surface area contributed by atoms with Crippen LogP contribution in [0.4, 0.5) is 8.78 Å². The lowest BCUT2D eigenvalue weighted by Gasteiger charge is -2.12. The number of fused-ring (bicyclic) bond motifs is 1. The van der Waals surface area contributed by atoms with Gasteiger partial charge in [-0.25, -0.2) is 13.8 Å². The molecule has 0 aliphatic carbocycles. The molecule has 0 spiro atoms. The van der Waals surface area contributed by atoms with Gasteiger partial charge in [0.25, 0.3) is 0 Å². The van der Waals surface area contributed by atoms with Gasteiger partial charge in [0.2, 0.25) is 5.91 Å². The predicted octanol–water partition coefficient (Wildman–Crippen LogP) is 2.98. The highest BCUT2D eigenvalue weighted by Crippen LogP contribution is 2.28. The van der Waals surface area contributed by atoms with Crippen molar-refractivity contribution >= 4 is 16.9 Å². The van der Waals surface area contributed by atoms with Crippen LogP contribution in [-0.2, 0) is 22.6 Å². The van der Waals surface area contributed by atoms with Crippen molar-refractivity contribution in [2.45, 2.75) is 33.0 Å². The molecule has 0 saturated carbocycles. The van der Waals surface area contributed by atoms with E-state index in [1.54, 1.807) is 19.1 Å². The van der Waals surface area contributed by atoms with Crippen molar-refractivity contribution in [2.24, 2.45) is 5.73 Å². The molecule has 0 radical (unpaired) electrons. The van der Waals surface area contributed by atoms with Crippen LogP contribution < -0.4 is 11.1 Å². The number of aromatic nitrogens is 2. The normalized spacial score (nSPS) is 12.3. The number of nitrogens with one attached hydrogen (secondary N) is 1. The van der Waals surface area contributed by atoms with Gasteiger partial charge in [0.05, 0.1) is 24.7 Å². The third kappa shape index (κ3) is 4.78. The molecule has 6 nitrogen and oxygen atoms in total. The third-order valence-electron chi connectivity index (χ3n) is 4.56. The number of carbonyl (C=O) groups excluding carboxylic acids is 1. The molecule has 3 aromatic rings. The molecule has 0 fully saturated rings. The monoisotopic (exact) mass is 402 g/mol. The van der Waals surface area contributed by atoms with Gasteiger partial charge in [0.1, 0.15) is 17.2 Å². The SMILES string of the molecule is CCOCCn1c(CNC(=O)[C@H](C)N)nc2c(F)cc(-c3ccc(F)cc3)cc21. The molecule has 0 aliphatic rings. The van der Waals surface area contributed by atoms with Gasteiger partial charge in [0, 0.05) is 13.2 Å². The fourth-order valence-electron chi connectivity index (χ4n) is 3.05. The first kappa shape index (κ1) is 20.9. The smallest absolute Gasteiger partial charge is 0.237 e. The van der Waals surface area contributed by atoms with E-state index in [9.17, 15) is 13.6 Å². The molecule has 0 saturated heterocycles. The van der Waals surface area contributed by atoms with Crippen LogP contribution in [0, 0.1) is 11.6 Å². The molecule has 1 aromatic heterocycles. The molecular weight excluding hydrogens is 378 g/mol. The van der Waals surface area contributed by atoms with E-state index in [-0.39, 0.29) is 23.8 Å². The summed E-state index contributed by atoms with van der Waals surface area (Å²) >= 11 is 0. The summed E-state index contributed by atoms with van der Waals surface area (Å²) in [6.07, 6.45) is 0.